The Morgan fingerprint density at radius 3 is 2.85 bits per heavy atom. The van der Waals surface area contributed by atoms with Gasteiger partial charge in [0.1, 0.15) is 11.2 Å². The van der Waals surface area contributed by atoms with Gasteiger partial charge in [0, 0.05) is 39.4 Å². The highest BCUT2D eigenvalue weighted by atomic mass is 19.1. The molecule has 0 bridgehead atoms. The molecule has 178 valence electrons. The molecular formula is C24H28FN7O2. The minimum absolute atomic E-state index is 0.149. The number of nitrogens with zero attached hydrogens (tertiary/aromatic N) is 4. The van der Waals surface area contributed by atoms with Crippen molar-refractivity contribution < 1.29 is 9.31 Å². The van der Waals surface area contributed by atoms with E-state index in [9.17, 15) is 14.5 Å². The lowest BCUT2D eigenvalue weighted by Crippen LogP contribution is -2.56. The van der Waals surface area contributed by atoms with Crippen LogP contribution >= 0.6 is 0 Å². The molecule has 34 heavy (non-hydrogen) atoms. The summed E-state index contributed by atoms with van der Waals surface area (Å²) in [4.78, 5) is 25.2. The van der Waals surface area contributed by atoms with Crippen molar-refractivity contribution in [3.05, 3.63) is 76.0 Å². The van der Waals surface area contributed by atoms with Crippen molar-refractivity contribution in [2.45, 2.75) is 24.9 Å². The van der Waals surface area contributed by atoms with Crippen LogP contribution in [0.3, 0.4) is 0 Å². The molecule has 4 rings (SSSR count). The van der Waals surface area contributed by atoms with Gasteiger partial charge in [-0.2, -0.15) is 0 Å². The van der Waals surface area contributed by atoms with Crippen molar-refractivity contribution >= 4 is 16.9 Å². The van der Waals surface area contributed by atoms with Crippen molar-refractivity contribution in [2.75, 3.05) is 33.0 Å². The van der Waals surface area contributed by atoms with Crippen LogP contribution in [0, 0.1) is 22.9 Å². The number of allylic oxidation sites excluding steroid dienone is 1. The van der Waals surface area contributed by atoms with Gasteiger partial charge in [-0.3, -0.25) is 10.1 Å². The average Bonchev–Trinajstić information content (AvgIpc) is 3.25. The summed E-state index contributed by atoms with van der Waals surface area (Å²) in [6.07, 6.45) is 8.51. The molecule has 0 saturated carbocycles. The third-order valence-electron chi connectivity index (χ3n) is 6.27. The van der Waals surface area contributed by atoms with Crippen LogP contribution in [-0.2, 0) is 0 Å². The first-order valence-electron chi connectivity index (χ1n) is 11.0. The normalized spacial score (nSPS) is 20.1. The van der Waals surface area contributed by atoms with E-state index in [4.69, 9.17) is 0 Å². The van der Waals surface area contributed by atoms with Gasteiger partial charge >= 0.3 is 0 Å². The lowest BCUT2D eigenvalue weighted by Gasteiger charge is -2.35. The van der Waals surface area contributed by atoms with Crippen molar-refractivity contribution in [2.24, 2.45) is 0 Å². The largest absolute Gasteiger partial charge is 0.360 e. The summed E-state index contributed by atoms with van der Waals surface area (Å²) in [5.74, 6) is -0.399. The van der Waals surface area contributed by atoms with Crippen molar-refractivity contribution in [1.29, 1.82) is 0 Å². The molecule has 1 aliphatic carbocycles. The summed E-state index contributed by atoms with van der Waals surface area (Å²) in [6, 6.07) is 4.79. The van der Waals surface area contributed by atoms with Gasteiger partial charge in [0.25, 0.3) is 6.04 Å². The number of halogens is 1. The predicted molar refractivity (Wildman–Crippen MR) is 131 cm³/mol. The second kappa shape index (κ2) is 9.32. The highest BCUT2D eigenvalue weighted by molar-refractivity contribution is 5.96. The monoisotopic (exact) mass is 465 g/mol. The number of hydrogen-bond acceptors (Lipinski definition) is 7. The molecule has 0 spiro atoms. The number of aromatic nitrogens is 3. The van der Waals surface area contributed by atoms with Gasteiger partial charge in [-0.25, -0.2) is 14.4 Å². The molecule has 2 unspecified atom stereocenters. The van der Waals surface area contributed by atoms with Gasteiger partial charge < -0.3 is 20.5 Å². The van der Waals surface area contributed by atoms with Crippen LogP contribution in [0.15, 0.2) is 54.5 Å². The number of H-pyrrole nitrogens is 1. The van der Waals surface area contributed by atoms with Gasteiger partial charge in [0.15, 0.2) is 5.82 Å². The molecule has 0 aliphatic heterocycles. The van der Waals surface area contributed by atoms with Crippen LogP contribution in [0.1, 0.15) is 12.0 Å². The number of fused-ring (bicyclic) bond motifs is 1. The highest BCUT2D eigenvalue weighted by Gasteiger charge is 2.44. The van der Waals surface area contributed by atoms with Crippen LogP contribution in [0.5, 0.6) is 0 Å². The number of para-hydroxylation sites is 1. The maximum Gasteiger partial charge on any atom is 0.254 e. The molecule has 2 heterocycles. The van der Waals surface area contributed by atoms with E-state index in [0.29, 0.717) is 24.2 Å². The molecule has 1 aliphatic rings. The molecule has 0 saturated heterocycles. The van der Waals surface area contributed by atoms with E-state index in [-0.39, 0.29) is 16.6 Å². The van der Waals surface area contributed by atoms with E-state index in [1.54, 1.807) is 31.5 Å². The quantitative estimate of drug-likeness (QED) is 0.345. The fourth-order valence-corrected chi connectivity index (χ4v) is 4.29. The van der Waals surface area contributed by atoms with Crippen LogP contribution < -0.4 is 10.6 Å². The van der Waals surface area contributed by atoms with Crippen molar-refractivity contribution in [1.82, 2.24) is 25.2 Å². The average molecular weight is 466 g/mol. The zero-order valence-electron chi connectivity index (χ0n) is 19.6. The SMILES string of the molecule is CNC1(CCN(C)C)C=CC(Nc2ncc(F)c(-c3c[nH]c4c(C)cccc34)n2)=CC1[N+](=O)[O-]. The minimum atomic E-state index is -0.999. The maximum atomic E-state index is 14.7. The maximum absolute atomic E-state index is 14.7. The van der Waals surface area contributed by atoms with Crippen LogP contribution in [0.4, 0.5) is 10.3 Å². The van der Waals surface area contributed by atoms with Crippen LogP contribution in [0.25, 0.3) is 22.2 Å². The predicted octanol–water partition coefficient (Wildman–Crippen LogP) is 3.49. The number of aryl methyl sites for hydroxylation is 1. The number of benzene rings is 1. The van der Waals surface area contributed by atoms with Gasteiger partial charge in [-0.05, 0) is 52.7 Å². The third-order valence-corrected chi connectivity index (χ3v) is 6.27. The first-order chi connectivity index (χ1) is 16.2. The lowest BCUT2D eigenvalue weighted by atomic mass is 9.82. The highest BCUT2D eigenvalue weighted by Crippen LogP contribution is 2.32. The summed E-state index contributed by atoms with van der Waals surface area (Å²) in [5.41, 5.74) is 2.38. The number of aromatic amines is 1. The Morgan fingerprint density at radius 1 is 1.35 bits per heavy atom. The molecule has 2 aromatic heterocycles. The molecule has 3 aromatic rings. The van der Waals surface area contributed by atoms with E-state index in [1.165, 1.54) is 0 Å². The Balaban J connectivity index is 1.64. The van der Waals surface area contributed by atoms with Crippen molar-refractivity contribution in [3.63, 3.8) is 0 Å². The van der Waals surface area contributed by atoms with Gasteiger partial charge in [-0.1, -0.05) is 24.3 Å². The Bertz CT molecular complexity index is 1280. The second-order valence-corrected chi connectivity index (χ2v) is 8.74. The number of nitrogens with one attached hydrogen (secondary N) is 3. The number of rotatable bonds is 8. The lowest BCUT2D eigenvalue weighted by molar-refractivity contribution is -0.519. The number of likely N-dealkylation sites (N-methyl/N-ethyl adjacent to an activating group) is 1. The van der Waals surface area contributed by atoms with Crippen LogP contribution in [0.2, 0.25) is 0 Å². The first kappa shape index (κ1) is 23.5. The molecule has 3 N–H and O–H groups in total. The Kier molecular flexibility index (Phi) is 6.45. The van der Waals surface area contributed by atoms with Gasteiger partial charge in [0.2, 0.25) is 5.95 Å². The fraction of sp³-hybridized carbons (Fsp3) is 0.333. The molecular weight excluding hydrogens is 437 g/mol. The molecule has 0 amide bonds. The number of nitro groups is 1. The molecule has 10 heteroatoms. The minimum Gasteiger partial charge on any atom is -0.360 e. The van der Waals surface area contributed by atoms with Crippen LogP contribution in [-0.4, -0.2) is 64.0 Å². The second-order valence-electron chi connectivity index (χ2n) is 8.74. The van der Waals surface area contributed by atoms with Crippen molar-refractivity contribution in [3.8, 4) is 11.3 Å². The summed E-state index contributed by atoms with van der Waals surface area (Å²) >= 11 is 0. The molecule has 2 atom stereocenters. The van der Waals surface area contributed by atoms with E-state index in [0.717, 1.165) is 22.7 Å². The summed E-state index contributed by atoms with van der Waals surface area (Å²) in [5, 5.41) is 18.9. The molecule has 1 aromatic carbocycles. The number of anilines is 1. The van der Waals surface area contributed by atoms with E-state index in [1.807, 2.05) is 44.1 Å². The fourth-order valence-electron chi connectivity index (χ4n) is 4.29. The standard InChI is InChI=1S/C24H28FN7O2/c1-15-6-5-7-17-18(13-27-21(15)17)22-19(25)14-28-23(30-22)29-16-8-9-24(26-2,10-11-31(3)4)20(12-16)32(33)34/h5-9,12-14,20,26-27H,10-11H2,1-4H3,(H,28,29,30). The summed E-state index contributed by atoms with van der Waals surface area (Å²) in [6.45, 7) is 2.66. The Hall–Kier alpha value is -3.63. The Labute approximate surface area is 196 Å². The van der Waals surface area contributed by atoms with Gasteiger partial charge in [-0.15, -0.1) is 0 Å². The molecule has 0 fully saturated rings. The molecule has 0 radical (unpaired) electrons. The first-order valence-corrected chi connectivity index (χ1v) is 11.0. The smallest absolute Gasteiger partial charge is 0.254 e. The summed E-state index contributed by atoms with van der Waals surface area (Å²) in [7, 11) is 5.58. The van der Waals surface area contributed by atoms with Gasteiger partial charge in [0.05, 0.1) is 6.20 Å². The molecule has 9 nitrogen and oxygen atoms in total. The van der Waals surface area contributed by atoms with E-state index < -0.39 is 17.4 Å². The Morgan fingerprint density at radius 2 is 2.15 bits per heavy atom. The van der Waals surface area contributed by atoms with E-state index >= 15 is 0 Å². The zero-order chi connectivity index (χ0) is 24.5. The van der Waals surface area contributed by atoms with E-state index in [2.05, 4.69) is 25.6 Å². The third kappa shape index (κ3) is 4.42. The topological polar surface area (TPSA) is 112 Å². The summed E-state index contributed by atoms with van der Waals surface area (Å²) < 4.78 is 14.7. The number of hydrogen-bond donors (Lipinski definition) is 3. The zero-order valence-corrected chi connectivity index (χ0v) is 19.6.